The summed E-state index contributed by atoms with van der Waals surface area (Å²) in [6.07, 6.45) is 2.99. The molecule has 0 aliphatic heterocycles. The van der Waals surface area contributed by atoms with Crippen molar-refractivity contribution in [3.63, 3.8) is 0 Å². The van der Waals surface area contributed by atoms with Crippen molar-refractivity contribution in [3.05, 3.63) is 12.3 Å². The van der Waals surface area contributed by atoms with Crippen molar-refractivity contribution in [2.24, 2.45) is 17.8 Å². The van der Waals surface area contributed by atoms with Crippen LogP contribution in [-0.2, 0) is 19.1 Å². The lowest BCUT2D eigenvalue weighted by Gasteiger charge is -2.36. The predicted octanol–water partition coefficient (Wildman–Crippen LogP) is 3.07. The zero-order valence-corrected chi connectivity index (χ0v) is 12.3. The molecule has 1 aliphatic carbocycles. The van der Waals surface area contributed by atoms with Crippen molar-refractivity contribution in [3.8, 4) is 0 Å². The molecule has 0 bridgehead atoms. The van der Waals surface area contributed by atoms with Crippen LogP contribution >= 0.6 is 0 Å². The number of carbonyl (C=O) groups excluding carboxylic acids is 2. The highest BCUT2D eigenvalue weighted by molar-refractivity contribution is 5.88. The fraction of sp³-hybridized carbons (Fsp3) is 0.733. The fourth-order valence-corrected chi connectivity index (χ4v) is 2.67. The van der Waals surface area contributed by atoms with Gasteiger partial charge in [0.1, 0.15) is 6.10 Å². The number of esters is 2. The average Bonchev–Trinajstić information content (AvgIpc) is 2.27. The van der Waals surface area contributed by atoms with Crippen LogP contribution in [0.4, 0.5) is 0 Å². The van der Waals surface area contributed by atoms with Crippen LogP contribution in [0.2, 0.25) is 0 Å². The Balaban J connectivity index is 2.63. The molecule has 1 saturated carbocycles. The molecule has 0 aromatic carbocycles. The summed E-state index contributed by atoms with van der Waals surface area (Å²) in [5.74, 6) is -0.0279. The second kappa shape index (κ2) is 6.73. The Morgan fingerprint density at radius 3 is 2.42 bits per heavy atom. The van der Waals surface area contributed by atoms with E-state index < -0.39 is 11.9 Å². The van der Waals surface area contributed by atoms with Crippen LogP contribution in [-0.4, -0.2) is 18.0 Å². The number of ether oxygens (including phenoxy) is 2. The van der Waals surface area contributed by atoms with Crippen LogP contribution < -0.4 is 0 Å². The number of rotatable bonds is 4. The number of hydrogen-bond donors (Lipinski definition) is 0. The molecule has 0 amide bonds. The molecule has 3 atom stereocenters. The van der Waals surface area contributed by atoms with E-state index in [1.165, 1.54) is 13.3 Å². The van der Waals surface area contributed by atoms with E-state index in [1.807, 2.05) is 0 Å². The number of hydrogen-bond acceptors (Lipinski definition) is 4. The zero-order chi connectivity index (χ0) is 14.6. The van der Waals surface area contributed by atoms with Crippen LogP contribution in [0.5, 0.6) is 0 Å². The van der Waals surface area contributed by atoms with Gasteiger partial charge >= 0.3 is 11.9 Å². The van der Waals surface area contributed by atoms with Gasteiger partial charge in [-0.1, -0.05) is 27.2 Å². The molecule has 0 heterocycles. The Bertz CT molecular complexity index is 359. The van der Waals surface area contributed by atoms with Gasteiger partial charge in [-0.3, -0.25) is 4.79 Å². The Morgan fingerprint density at radius 2 is 1.89 bits per heavy atom. The van der Waals surface area contributed by atoms with Crippen LogP contribution in [0.15, 0.2) is 12.3 Å². The highest BCUT2D eigenvalue weighted by atomic mass is 16.6. The van der Waals surface area contributed by atoms with E-state index in [4.69, 9.17) is 4.74 Å². The van der Waals surface area contributed by atoms with Crippen molar-refractivity contribution in [2.45, 2.75) is 53.1 Å². The predicted molar refractivity (Wildman–Crippen MR) is 72.1 cm³/mol. The molecule has 0 saturated heterocycles. The molecule has 0 spiro atoms. The van der Waals surface area contributed by atoms with E-state index in [2.05, 4.69) is 32.1 Å². The molecular weight excluding hydrogens is 244 g/mol. The molecule has 0 radical (unpaired) electrons. The molecule has 0 aromatic rings. The van der Waals surface area contributed by atoms with Gasteiger partial charge in [-0.05, 0) is 37.2 Å². The molecule has 1 aliphatic rings. The minimum atomic E-state index is -0.625. The third kappa shape index (κ3) is 4.69. The van der Waals surface area contributed by atoms with E-state index in [-0.39, 0.29) is 11.9 Å². The lowest BCUT2D eigenvalue weighted by Crippen LogP contribution is -2.36. The summed E-state index contributed by atoms with van der Waals surface area (Å²) in [6, 6.07) is 0. The van der Waals surface area contributed by atoms with Gasteiger partial charge in [-0.2, -0.15) is 0 Å². The van der Waals surface area contributed by atoms with Gasteiger partial charge in [0.2, 0.25) is 5.76 Å². The van der Waals surface area contributed by atoms with Crippen LogP contribution in [0.1, 0.15) is 47.0 Å². The van der Waals surface area contributed by atoms with E-state index in [9.17, 15) is 9.59 Å². The van der Waals surface area contributed by atoms with E-state index in [0.29, 0.717) is 17.8 Å². The smallest absolute Gasteiger partial charge is 0.374 e. The van der Waals surface area contributed by atoms with Gasteiger partial charge < -0.3 is 9.47 Å². The molecule has 3 unspecified atom stereocenters. The molecule has 0 aromatic heterocycles. The van der Waals surface area contributed by atoms with Crippen molar-refractivity contribution < 1.29 is 19.1 Å². The number of carbonyl (C=O) groups is 2. The summed E-state index contributed by atoms with van der Waals surface area (Å²) in [5.41, 5.74) is 0. The first-order chi connectivity index (χ1) is 8.81. The van der Waals surface area contributed by atoms with Crippen molar-refractivity contribution in [2.75, 3.05) is 0 Å². The van der Waals surface area contributed by atoms with Gasteiger partial charge in [0.15, 0.2) is 0 Å². The Morgan fingerprint density at radius 1 is 1.26 bits per heavy atom. The Hall–Kier alpha value is -1.32. The first-order valence-electron chi connectivity index (χ1n) is 6.89. The van der Waals surface area contributed by atoms with Gasteiger partial charge in [0, 0.05) is 6.92 Å². The standard InChI is InChI=1S/C15H24O4/c1-9(2)13-7-6-10(3)8-14(13)19-15(17)11(4)18-12(5)16/h9-10,13-14H,4,6-8H2,1-3,5H3. The van der Waals surface area contributed by atoms with E-state index in [0.717, 1.165) is 12.8 Å². The summed E-state index contributed by atoms with van der Waals surface area (Å²) >= 11 is 0. The van der Waals surface area contributed by atoms with Crippen LogP contribution in [0.25, 0.3) is 0 Å². The third-order valence-corrected chi connectivity index (χ3v) is 3.71. The Labute approximate surface area is 115 Å². The molecule has 4 nitrogen and oxygen atoms in total. The summed E-state index contributed by atoms with van der Waals surface area (Å²) < 4.78 is 10.2. The average molecular weight is 268 g/mol. The molecule has 108 valence electrons. The maximum atomic E-state index is 11.8. The van der Waals surface area contributed by atoms with Crippen molar-refractivity contribution in [1.29, 1.82) is 0 Å². The van der Waals surface area contributed by atoms with Crippen LogP contribution in [0, 0.1) is 17.8 Å². The molecule has 4 heteroatoms. The topological polar surface area (TPSA) is 52.6 Å². The second-order valence-corrected chi connectivity index (χ2v) is 5.79. The first-order valence-corrected chi connectivity index (χ1v) is 6.89. The van der Waals surface area contributed by atoms with E-state index in [1.54, 1.807) is 0 Å². The molecular formula is C15H24O4. The minimum absolute atomic E-state index is 0.108. The molecule has 19 heavy (non-hydrogen) atoms. The van der Waals surface area contributed by atoms with Gasteiger partial charge in [-0.15, -0.1) is 0 Å². The molecule has 1 rings (SSSR count). The van der Waals surface area contributed by atoms with Gasteiger partial charge in [0.05, 0.1) is 0 Å². The quantitative estimate of drug-likeness (QED) is 0.446. The highest BCUT2D eigenvalue weighted by Gasteiger charge is 2.34. The van der Waals surface area contributed by atoms with Gasteiger partial charge in [0.25, 0.3) is 0 Å². The first kappa shape index (κ1) is 15.7. The summed E-state index contributed by atoms with van der Waals surface area (Å²) in [5, 5.41) is 0. The maximum Gasteiger partial charge on any atom is 0.374 e. The minimum Gasteiger partial charge on any atom is -0.456 e. The normalized spacial score (nSPS) is 26.9. The molecule has 0 N–H and O–H groups in total. The second-order valence-electron chi connectivity index (χ2n) is 5.79. The van der Waals surface area contributed by atoms with Crippen molar-refractivity contribution >= 4 is 11.9 Å². The SMILES string of the molecule is C=C(OC(C)=O)C(=O)OC1CC(C)CCC1C(C)C. The summed E-state index contributed by atoms with van der Waals surface area (Å²) in [4.78, 5) is 22.6. The van der Waals surface area contributed by atoms with Gasteiger partial charge in [-0.25, -0.2) is 4.79 Å². The molecule has 1 fully saturated rings. The third-order valence-electron chi connectivity index (χ3n) is 3.71. The zero-order valence-electron chi connectivity index (χ0n) is 12.3. The highest BCUT2D eigenvalue weighted by Crippen LogP contribution is 2.35. The summed E-state index contributed by atoms with van der Waals surface area (Å²) in [6.45, 7) is 11.1. The Kier molecular flexibility index (Phi) is 5.58. The van der Waals surface area contributed by atoms with E-state index >= 15 is 0 Å². The monoisotopic (exact) mass is 268 g/mol. The fourth-order valence-electron chi connectivity index (χ4n) is 2.67. The van der Waals surface area contributed by atoms with Crippen molar-refractivity contribution in [1.82, 2.24) is 0 Å². The summed E-state index contributed by atoms with van der Waals surface area (Å²) in [7, 11) is 0. The lowest BCUT2D eigenvalue weighted by molar-refractivity contribution is -0.159. The largest absolute Gasteiger partial charge is 0.456 e. The lowest BCUT2D eigenvalue weighted by atomic mass is 9.75. The maximum absolute atomic E-state index is 11.8. The van der Waals surface area contributed by atoms with Crippen LogP contribution in [0.3, 0.4) is 0 Å².